The van der Waals surface area contributed by atoms with E-state index in [1.165, 1.54) is 6.92 Å². The summed E-state index contributed by atoms with van der Waals surface area (Å²) >= 11 is 0. The van der Waals surface area contributed by atoms with Crippen molar-refractivity contribution >= 4 is 17.8 Å². The zero-order valence-electron chi connectivity index (χ0n) is 35.6. The summed E-state index contributed by atoms with van der Waals surface area (Å²) in [4.78, 5) is 45.6. The van der Waals surface area contributed by atoms with Gasteiger partial charge in [0.15, 0.2) is 11.9 Å². The smallest absolute Gasteiger partial charge is 0.410 e. The minimum Gasteiger partial charge on any atom is -0.459 e. The Kier molecular flexibility index (Phi) is 14.6. The minimum absolute atomic E-state index is 0.0725. The van der Waals surface area contributed by atoms with Crippen LogP contribution >= 0.6 is 0 Å². The molecule has 1 spiro atoms. The molecule has 0 aliphatic carbocycles. The summed E-state index contributed by atoms with van der Waals surface area (Å²) in [5.74, 6) is -4.43. The highest BCUT2D eigenvalue weighted by Gasteiger charge is 2.56. The molecule has 3 N–H and O–H groups in total. The van der Waals surface area contributed by atoms with Crippen molar-refractivity contribution in [1.29, 1.82) is 0 Å². The number of carbonyl (C=O) groups is 3. The Morgan fingerprint density at radius 1 is 0.982 bits per heavy atom. The van der Waals surface area contributed by atoms with Crippen molar-refractivity contribution < 1.29 is 58.1 Å². The maximum absolute atomic E-state index is 14.2. The number of benzene rings is 1. The molecular formula is C43H68N2O12. The Hall–Kier alpha value is -2.69. The number of esters is 1. The fourth-order valence-corrected chi connectivity index (χ4v) is 9.53. The van der Waals surface area contributed by atoms with Gasteiger partial charge in [0, 0.05) is 30.3 Å². The molecule has 2 bridgehead atoms. The molecular weight excluding hydrogens is 736 g/mol. The standard InChI is InChI=1S/C43H68N2O12/c1-11-32-42(8,51)36(48)27(4)33(46)25(2)21-41(7)37(56-39-34(47)31(44(9)10)20-26(3)54-39)28(5)35(29(6)38(49)55-32)52-23-43(24-53-41)22-45(40(50)57-43)19-15-18-30-16-13-12-14-17-30/h12-14,16-17,25-29,31-32,34-37,39,47-48,51H,11,15,18-24H2,1-10H3/t25-,26-,27+,28-,29-,31+,32-,34-,35+,36+,37-,39-,41-,42-,43?/m1/s1. The molecule has 14 heteroatoms. The number of likely N-dealkylation sites (N-methyl/N-ethyl adjacent to an activating group) is 1. The lowest BCUT2D eigenvalue weighted by Gasteiger charge is -2.48. The molecule has 322 valence electrons. The molecule has 1 amide bonds. The van der Waals surface area contributed by atoms with E-state index in [0.29, 0.717) is 19.4 Å². The number of nitrogens with zero attached hydrogens (tertiary/aromatic N) is 2. The minimum atomic E-state index is -1.95. The highest BCUT2D eigenvalue weighted by Crippen LogP contribution is 2.42. The molecule has 57 heavy (non-hydrogen) atoms. The predicted molar refractivity (Wildman–Crippen MR) is 210 cm³/mol. The van der Waals surface area contributed by atoms with Crippen molar-refractivity contribution in [2.24, 2.45) is 23.7 Å². The number of amides is 1. The van der Waals surface area contributed by atoms with Gasteiger partial charge in [-0.1, -0.05) is 58.0 Å². The Labute approximate surface area is 338 Å². The fraction of sp³-hybridized carbons (Fsp3) is 0.791. The highest BCUT2D eigenvalue weighted by atomic mass is 16.7. The molecule has 5 rings (SSSR count). The van der Waals surface area contributed by atoms with Crippen LogP contribution in [0.25, 0.3) is 0 Å². The number of aliphatic hydroxyl groups excluding tert-OH is 2. The maximum Gasteiger partial charge on any atom is 0.410 e. The number of aryl methyl sites for hydroxylation is 1. The van der Waals surface area contributed by atoms with E-state index in [0.717, 1.165) is 12.0 Å². The van der Waals surface area contributed by atoms with Gasteiger partial charge in [-0.05, 0) is 79.5 Å². The van der Waals surface area contributed by atoms with E-state index < -0.39 is 89.3 Å². The first kappa shape index (κ1) is 45.4. The average Bonchev–Trinajstić information content (AvgIpc) is 3.50. The van der Waals surface area contributed by atoms with Gasteiger partial charge in [0.05, 0.1) is 55.7 Å². The molecule has 14 nitrogen and oxygen atoms in total. The average molecular weight is 805 g/mol. The summed E-state index contributed by atoms with van der Waals surface area (Å²) in [6.07, 6.45) is -5.25. The van der Waals surface area contributed by atoms with Crippen LogP contribution in [-0.2, 0) is 44.4 Å². The lowest BCUT2D eigenvalue weighted by molar-refractivity contribution is -0.303. The quantitative estimate of drug-likeness (QED) is 0.325. The number of carbonyl (C=O) groups excluding carboxylic acids is 3. The van der Waals surface area contributed by atoms with Crippen LogP contribution in [0.4, 0.5) is 4.79 Å². The second kappa shape index (κ2) is 18.3. The van der Waals surface area contributed by atoms with Crippen LogP contribution in [0.3, 0.4) is 0 Å². The van der Waals surface area contributed by atoms with Crippen LogP contribution < -0.4 is 0 Å². The Bertz CT molecular complexity index is 1530. The van der Waals surface area contributed by atoms with Crippen molar-refractivity contribution in [2.75, 3.05) is 40.4 Å². The van der Waals surface area contributed by atoms with E-state index in [1.807, 2.05) is 70.1 Å². The summed E-state index contributed by atoms with van der Waals surface area (Å²) < 4.78 is 39.0. The monoisotopic (exact) mass is 804 g/mol. The highest BCUT2D eigenvalue weighted by molar-refractivity contribution is 5.83. The molecule has 4 heterocycles. The van der Waals surface area contributed by atoms with E-state index in [4.69, 9.17) is 28.4 Å². The van der Waals surface area contributed by atoms with Crippen LogP contribution in [0.5, 0.6) is 0 Å². The van der Waals surface area contributed by atoms with Crippen LogP contribution in [0.1, 0.15) is 86.6 Å². The zero-order valence-corrected chi connectivity index (χ0v) is 35.6. The van der Waals surface area contributed by atoms with Crippen LogP contribution in [0, 0.1) is 23.7 Å². The number of Topliss-reactive ketones (excluding diaryl/α,β-unsaturated/α-hetero) is 1. The number of ketones is 1. The third kappa shape index (κ3) is 9.86. The third-order valence-corrected chi connectivity index (χ3v) is 13.0. The molecule has 1 aromatic rings. The first-order valence-electron chi connectivity index (χ1n) is 20.8. The first-order chi connectivity index (χ1) is 26.7. The topological polar surface area (TPSA) is 174 Å². The Balaban J connectivity index is 1.57. The van der Waals surface area contributed by atoms with E-state index in [2.05, 4.69) is 0 Å². The van der Waals surface area contributed by atoms with Crippen molar-refractivity contribution in [3.8, 4) is 0 Å². The van der Waals surface area contributed by atoms with Crippen LogP contribution in [0.15, 0.2) is 30.3 Å². The van der Waals surface area contributed by atoms with Crippen molar-refractivity contribution in [3.63, 3.8) is 0 Å². The number of ether oxygens (including phenoxy) is 6. The molecule has 0 aromatic heterocycles. The fourth-order valence-electron chi connectivity index (χ4n) is 9.53. The second-order valence-electron chi connectivity index (χ2n) is 18.0. The van der Waals surface area contributed by atoms with Gasteiger partial charge >= 0.3 is 12.1 Å². The molecule has 1 aromatic carbocycles. The van der Waals surface area contributed by atoms with E-state index in [1.54, 1.807) is 32.6 Å². The summed E-state index contributed by atoms with van der Waals surface area (Å²) in [6.45, 7) is 14.1. The van der Waals surface area contributed by atoms with Gasteiger partial charge in [-0.2, -0.15) is 0 Å². The van der Waals surface area contributed by atoms with Crippen molar-refractivity contribution in [2.45, 2.75) is 153 Å². The number of cyclic esters (lactones) is 1. The Morgan fingerprint density at radius 2 is 1.67 bits per heavy atom. The lowest BCUT2D eigenvalue weighted by atomic mass is 9.74. The molecule has 4 saturated heterocycles. The summed E-state index contributed by atoms with van der Waals surface area (Å²) in [5.41, 5.74) is -3.42. The number of hydrogen-bond donors (Lipinski definition) is 3. The molecule has 4 aliphatic heterocycles. The molecule has 4 aliphatic rings. The summed E-state index contributed by atoms with van der Waals surface area (Å²) in [7, 11) is 3.77. The molecule has 15 atom stereocenters. The van der Waals surface area contributed by atoms with Gasteiger partial charge in [0.25, 0.3) is 0 Å². The number of hydrogen-bond acceptors (Lipinski definition) is 13. The summed E-state index contributed by atoms with van der Waals surface area (Å²) in [6, 6.07) is 9.74. The SMILES string of the molecule is CC[C@H]1OC(=O)[C@H](C)[C@H]2OCC3(CO[C@](C)(C[C@@H](C)C(=O)[C@H](C)[C@H](O)[C@]1(C)O)[C@H](O[C@H]1O[C@H](C)C[C@H](N(C)C)[C@H]1O)[C@@H]2C)CN(CCCc1ccccc1)C(=O)O3. The van der Waals surface area contributed by atoms with Gasteiger partial charge < -0.3 is 53.5 Å². The van der Waals surface area contributed by atoms with Crippen molar-refractivity contribution in [3.05, 3.63) is 35.9 Å². The number of aliphatic hydroxyl groups is 3. The van der Waals surface area contributed by atoms with Gasteiger partial charge in [-0.15, -0.1) is 0 Å². The van der Waals surface area contributed by atoms with Gasteiger partial charge in [-0.25, -0.2) is 4.79 Å². The van der Waals surface area contributed by atoms with Crippen LogP contribution in [0.2, 0.25) is 0 Å². The normalized spacial score (nSPS) is 42.6. The molecule has 1 unspecified atom stereocenters. The number of fused-ring (bicyclic) bond motifs is 3. The van der Waals surface area contributed by atoms with E-state index in [9.17, 15) is 29.7 Å². The molecule has 4 fully saturated rings. The van der Waals surface area contributed by atoms with Crippen LogP contribution in [-0.4, -0.2) is 149 Å². The largest absolute Gasteiger partial charge is 0.459 e. The molecule has 0 radical (unpaired) electrons. The second-order valence-corrected chi connectivity index (χ2v) is 18.0. The Morgan fingerprint density at radius 3 is 2.32 bits per heavy atom. The first-order valence-corrected chi connectivity index (χ1v) is 20.8. The van der Waals surface area contributed by atoms with Gasteiger partial charge in [0.1, 0.15) is 23.6 Å². The zero-order chi connectivity index (χ0) is 42.0. The van der Waals surface area contributed by atoms with E-state index >= 15 is 0 Å². The van der Waals surface area contributed by atoms with Gasteiger partial charge in [-0.3, -0.25) is 9.59 Å². The lowest BCUT2D eigenvalue weighted by Crippen LogP contribution is -2.60. The van der Waals surface area contributed by atoms with E-state index in [-0.39, 0.29) is 50.5 Å². The summed E-state index contributed by atoms with van der Waals surface area (Å²) in [5, 5.41) is 34.8. The third-order valence-electron chi connectivity index (χ3n) is 13.0. The maximum atomic E-state index is 14.2. The molecule has 0 saturated carbocycles. The van der Waals surface area contributed by atoms with Gasteiger partial charge in [0.2, 0.25) is 0 Å². The predicted octanol–water partition coefficient (Wildman–Crippen LogP) is 3.75. The van der Waals surface area contributed by atoms with Crippen molar-refractivity contribution in [1.82, 2.24) is 9.80 Å². The number of rotatable bonds is 8.